The van der Waals surface area contributed by atoms with Crippen molar-refractivity contribution in [3.8, 4) is 11.1 Å². The number of hydrogen-bond donors (Lipinski definition) is 2. The first-order chi connectivity index (χ1) is 16.7. The Hall–Kier alpha value is -3.44. The van der Waals surface area contributed by atoms with Gasteiger partial charge in [-0.2, -0.15) is 4.98 Å². The van der Waals surface area contributed by atoms with Gasteiger partial charge >= 0.3 is 0 Å². The molecule has 5 nitrogen and oxygen atoms in total. The molecule has 4 aromatic rings. The van der Waals surface area contributed by atoms with Crippen molar-refractivity contribution in [3.05, 3.63) is 84.4 Å². The molecule has 1 fully saturated rings. The van der Waals surface area contributed by atoms with E-state index in [0.29, 0.717) is 12.1 Å². The fourth-order valence-corrected chi connectivity index (χ4v) is 4.92. The second-order valence-corrected chi connectivity index (χ2v) is 9.38. The molecule has 5 rings (SSSR count). The molecule has 174 valence electrons. The quantitative estimate of drug-likeness (QED) is 0.368. The summed E-state index contributed by atoms with van der Waals surface area (Å²) in [4.78, 5) is 11.7. The molecular weight excluding hydrogens is 418 g/mol. The standard InChI is InChI=1S/C29H33N5/c1-34(2)28-26-14-8-9-15-27(26)32-29(33-28)31-24-18-16-23(17-19-24)30-20-22-12-6-7-13-25(22)21-10-4-3-5-11-21/h3-15,23-24,30H,16-20H2,1-2H3,(H,31,32,33). The third-order valence-corrected chi connectivity index (χ3v) is 6.75. The van der Waals surface area contributed by atoms with E-state index in [0.717, 1.165) is 54.9 Å². The van der Waals surface area contributed by atoms with Gasteiger partial charge in [0.1, 0.15) is 5.82 Å². The number of anilines is 2. The summed E-state index contributed by atoms with van der Waals surface area (Å²) >= 11 is 0. The van der Waals surface area contributed by atoms with E-state index in [-0.39, 0.29) is 0 Å². The van der Waals surface area contributed by atoms with E-state index in [1.54, 1.807) is 0 Å². The topological polar surface area (TPSA) is 53.1 Å². The SMILES string of the molecule is CN(C)c1nc(NC2CCC(NCc3ccccc3-c3ccccc3)CC2)nc2ccccc12. The Balaban J connectivity index is 1.19. The largest absolute Gasteiger partial charge is 0.362 e. The summed E-state index contributed by atoms with van der Waals surface area (Å²) < 4.78 is 0. The van der Waals surface area contributed by atoms with Crippen molar-refractivity contribution >= 4 is 22.7 Å². The minimum Gasteiger partial charge on any atom is -0.362 e. The number of rotatable bonds is 7. The monoisotopic (exact) mass is 451 g/mol. The molecule has 0 aliphatic heterocycles. The lowest BCUT2D eigenvalue weighted by Crippen LogP contribution is -2.37. The Kier molecular flexibility index (Phi) is 6.72. The summed E-state index contributed by atoms with van der Waals surface area (Å²) in [5, 5.41) is 8.52. The summed E-state index contributed by atoms with van der Waals surface area (Å²) in [6.45, 7) is 0.897. The van der Waals surface area contributed by atoms with E-state index in [1.807, 2.05) is 26.2 Å². The van der Waals surface area contributed by atoms with Crippen molar-refractivity contribution in [1.82, 2.24) is 15.3 Å². The van der Waals surface area contributed by atoms with Crippen molar-refractivity contribution < 1.29 is 0 Å². The normalized spacial score (nSPS) is 18.1. The number of aromatic nitrogens is 2. The van der Waals surface area contributed by atoms with Crippen molar-refractivity contribution in [1.29, 1.82) is 0 Å². The Morgan fingerprint density at radius 3 is 2.24 bits per heavy atom. The number of hydrogen-bond acceptors (Lipinski definition) is 5. The smallest absolute Gasteiger partial charge is 0.225 e. The van der Waals surface area contributed by atoms with Crippen LogP contribution in [0.2, 0.25) is 0 Å². The van der Waals surface area contributed by atoms with Gasteiger partial charge in [-0.05, 0) is 54.5 Å². The second-order valence-electron chi connectivity index (χ2n) is 9.38. The van der Waals surface area contributed by atoms with Crippen LogP contribution in [-0.4, -0.2) is 36.1 Å². The van der Waals surface area contributed by atoms with Crippen LogP contribution < -0.4 is 15.5 Å². The number of benzene rings is 3. The first-order valence-electron chi connectivity index (χ1n) is 12.2. The van der Waals surface area contributed by atoms with Crippen molar-refractivity contribution in [2.45, 2.75) is 44.3 Å². The van der Waals surface area contributed by atoms with Crippen LogP contribution in [0.4, 0.5) is 11.8 Å². The lowest BCUT2D eigenvalue weighted by atomic mass is 9.91. The molecule has 0 radical (unpaired) electrons. The van der Waals surface area contributed by atoms with Gasteiger partial charge in [0, 0.05) is 38.1 Å². The molecule has 1 heterocycles. The van der Waals surface area contributed by atoms with Crippen molar-refractivity contribution in [2.75, 3.05) is 24.3 Å². The van der Waals surface area contributed by atoms with E-state index in [9.17, 15) is 0 Å². The lowest BCUT2D eigenvalue weighted by Gasteiger charge is -2.30. The molecule has 0 saturated heterocycles. The fraction of sp³-hybridized carbons (Fsp3) is 0.310. The second kappa shape index (κ2) is 10.2. The zero-order valence-corrected chi connectivity index (χ0v) is 20.0. The van der Waals surface area contributed by atoms with Gasteiger partial charge in [0.2, 0.25) is 5.95 Å². The van der Waals surface area contributed by atoms with E-state index in [1.165, 1.54) is 16.7 Å². The van der Waals surface area contributed by atoms with Crippen LogP contribution in [0.15, 0.2) is 78.9 Å². The Morgan fingerprint density at radius 2 is 1.44 bits per heavy atom. The maximum absolute atomic E-state index is 4.82. The summed E-state index contributed by atoms with van der Waals surface area (Å²) in [6.07, 6.45) is 4.54. The summed E-state index contributed by atoms with van der Waals surface area (Å²) in [5.74, 6) is 1.69. The van der Waals surface area contributed by atoms with Crippen LogP contribution in [-0.2, 0) is 6.54 Å². The van der Waals surface area contributed by atoms with E-state index < -0.39 is 0 Å². The van der Waals surface area contributed by atoms with E-state index in [2.05, 4.69) is 82.3 Å². The fourth-order valence-electron chi connectivity index (χ4n) is 4.92. The number of nitrogens with zero attached hydrogens (tertiary/aromatic N) is 3. The van der Waals surface area contributed by atoms with Gasteiger partial charge in [-0.1, -0.05) is 66.7 Å². The van der Waals surface area contributed by atoms with Gasteiger partial charge in [-0.15, -0.1) is 0 Å². The molecule has 0 amide bonds. The average Bonchev–Trinajstić information content (AvgIpc) is 2.88. The third-order valence-electron chi connectivity index (χ3n) is 6.75. The number of fused-ring (bicyclic) bond motifs is 1. The van der Waals surface area contributed by atoms with Crippen molar-refractivity contribution in [2.24, 2.45) is 0 Å². The highest BCUT2D eigenvalue weighted by molar-refractivity contribution is 5.90. The van der Waals surface area contributed by atoms with Crippen LogP contribution in [0.25, 0.3) is 22.0 Å². The Morgan fingerprint density at radius 1 is 0.765 bits per heavy atom. The van der Waals surface area contributed by atoms with Crippen LogP contribution in [0.5, 0.6) is 0 Å². The molecule has 1 aliphatic rings. The predicted octanol–water partition coefficient (Wildman–Crippen LogP) is 5.88. The first kappa shape index (κ1) is 22.4. The first-order valence-corrected chi connectivity index (χ1v) is 12.2. The molecule has 34 heavy (non-hydrogen) atoms. The minimum absolute atomic E-state index is 0.408. The molecule has 3 aromatic carbocycles. The number of nitrogens with one attached hydrogen (secondary N) is 2. The Bertz CT molecular complexity index is 1230. The molecule has 1 saturated carbocycles. The van der Waals surface area contributed by atoms with Crippen molar-refractivity contribution in [3.63, 3.8) is 0 Å². The number of para-hydroxylation sites is 1. The molecule has 1 aromatic heterocycles. The average molecular weight is 452 g/mol. The van der Waals surface area contributed by atoms with Crippen LogP contribution >= 0.6 is 0 Å². The molecule has 0 unspecified atom stereocenters. The highest BCUT2D eigenvalue weighted by Gasteiger charge is 2.22. The predicted molar refractivity (Wildman–Crippen MR) is 142 cm³/mol. The van der Waals surface area contributed by atoms with Gasteiger partial charge < -0.3 is 15.5 Å². The zero-order valence-electron chi connectivity index (χ0n) is 20.0. The van der Waals surface area contributed by atoms with Crippen LogP contribution in [0.3, 0.4) is 0 Å². The molecule has 0 spiro atoms. The van der Waals surface area contributed by atoms with Gasteiger partial charge in [0.25, 0.3) is 0 Å². The summed E-state index contributed by atoms with van der Waals surface area (Å²) in [5.41, 5.74) is 4.93. The van der Waals surface area contributed by atoms with E-state index >= 15 is 0 Å². The molecular formula is C29H33N5. The maximum Gasteiger partial charge on any atom is 0.225 e. The highest BCUT2D eigenvalue weighted by Crippen LogP contribution is 2.27. The molecule has 2 N–H and O–H groups in total. The lowest BCUT2D eigenvalue weighted by molar-refractivity contribution is 0.352. The third kappa shape index (κ3) is 5.05. The molecule has 0 atom stereocenters. The van der Waals surface area contributed by atoms with Gasteiger partial charge in [0.05, 0.1) is 5.52 Å². The maximum atomic E-state index is 4.82. The van der Waals surface area contributed by atoms with Gasteiger partial charge in [-0.3, -0.25) is 0 Å². The molecule has 5 heteroatoms. The van der Waals surface area contributed by atoms with Gasteiger partial charge in [-0.25, -0.2) is 4.98 Å². The summed E-state index contributed by atoms with van der Waals surface area (Å²) in [6, 6.07) is 28.5. The van der Waals surface area contributed by atoms with Crippen LogP contribution in [0.1, 0.15) is 31.2 Å². The van der Waals surface area contributed by atoms with Crippen LogP contribution in [0, 0.1) is 0 Å². The Labute approximate surface area is 202 Å². The molecule has 1 aliphatic carbocycles. The summed E-state index contributed by atoms with van der Waals surface area (Å²) in [7, 11) is 4.07. The molecule has 0 bridgehead atoms. The highest BCUT2D eigenvalue weighted by atomic mass is 15.2. The van der Waals surface area contributed by atoms with Gasteiger partial charge in [0.15, 0.2) is 0 Å². The van der Waals surface area contributed by atoms with E-state index in [4.69, 9.17) is 9.97 Å². The zero-order chi connectivity index (χ0) is 23.3. The minimum atomic E-state index is 0.408.